The van der Waals surface area contributed by atoms with Gasteiger partial charge in [0, 0.05) is 18.3 Å². The van der Waals surface area contributed by atoms with E-state index in [0.717, 1.165) is 0 Å². The maximum Gasteiger partial charge on any atom is 0.338 e. The Morgan fingerprint density at radius 2 is 1.82 bits per heavy atom. The van der Waals surface area contributed by atoms with Gasteiger partial charge in [-0.2, -0.15) is 0 Å². The molecule has 0 radical (unpaired) electrons. The Bertz CT molecular complexity index is 753. The van der Waals surface area contributed by atoms with Crippen LogP contribution in [0.5, 0.6) is 5.75 Å². The molecular weight excluding hydrogens is 360 g/mol. The fourth-order valence-electron chi connectivity index (χ4n) is 5.17. The molecule has 6 atom stereocenters. The second kappa shape index (κ2) is 7.16. The van der Waals surface area contributed by atoms with E-state index >= 15 is 0 Å². The molecule has 2 aliphatic carbocycles. The highest BCUT2D eigenvalue weighted by Gasteiger charge is 2.60. The molecule has 3 N–H and O–H groups in total. The topological polar surface area (TPSA) is 104 Å². The van der Waals surface area contributed by atoms with Crippen LogP contribution in [0.3, 0.4) is 0 Å². The van der Waals surface area contributed by atoms with Crippen molar-refractivity contribution >= 4 is 11.8 Å². The van der Waals surface area contributed by atoms with Crippen LogP contribution in [0.1, 0.15) is 57.3 Å². The molecule has 154 valence electrons. The Hall–Kier alpha value is -1.92. The smallest absolute Gasteiger partial charge is 0.338 e. The summed E-state index contributed by atoms with van der Waals surface area (Å²) in [6.45, 7) is 7.11. The van der Waals surface area contributed by atoms with Crippen molar-refractivity contribution in [2.45, 2.75) is 64.3 Å². The van der Waals surface area contributed by atoms with Gasteiger partial charge in [-0.25, -0.2) is 4.79 Å². The summed E-state index contributed by atoms with van der Waals surface area (Å²) in [5.74, 6) is -1.92. The molecule has 1 aromatic rings. The number of hydrogen-bond acceptors (Lipinski definition) is 6. The molecule has 2 aliphatic rings. The van der Waals surface area contributed by atoms with Crippen LogP contribution in [0.2, 0.25) is 0 Å². The molecule has 6 nitrogen and oxygen atoms in total. The third-order valence-electron chi connectivity index (χ3n) is 6.86. The molecule has 2 fully saturated rings. The quantitative estimate of drug-likeness (QED) is 0.686. The summed E-state index contributed by atoms with van der Waals surface area (Å²) in [7, 11) is 0. The molecule has 0 bridgehead atoms. The Morgan fingerprint density at radius 1 is 1.21 bits per heavy atom. The highest BCUT2D eigenvalue weighted by Crippen LogP contribution is 2.53. The molecule has 0 aliphatic heterocycles. The molecule has 2 saturated carbocycles. The Labute approximate surface area is 165 Å². The van der Waals surface area contributed by atoms with Crippen molar-refractivity contribution in [3.05, 3.63) is 29.8 Å². The molecule has 1 aromatic carbocycles. The molecule has 0 amide bonds. The van der Waals surface area contributed by atoms with Crippen molar-refractivity contribution in [1.29, 1.82) is 0 Å². The van der Waals surface area contributed by atoms with Crippen LogP contribution in [0.25, 0.3) is 0 Å². The number of fused-ring (bicyclic) bond motifs is 1. The third-order valence-corrected chi connectivity index (χ3v) is 6.86. The number of phenols is 1. The first-order chi connectivity index (χ1) is 13.0. The molecule has 0 aromatic heterocycles. The number of ether oxygens (including phenoxy) is 1. The number of rotatable bonds is 3. The predicted octanol–water partition coefficient (Wildman–Crippen LogP) is 2.69. The number of hydrogen-bond donors (Lipinski definition) is 3. The van der Waals surface area contributed by atoms with Gasteiger partial charge in [-0.3, -0.25) is 4.79 Å². The Morgan fingerprint density at radius 3 is 2.39 bits per heavy atom. The van der Waals surface area contributed by atoms with E-state index in [1.165, 1.54) is 31.2 Å². The predicted molar refractivity (Wildman–Crippen MR) is 103 cm³/mol. The van der Waals surface area contributed by atoms with E-state index in [-0.39, 0.29) is 35.4 Å². The van der Waals surface area contributed by atoms with Gasteiger partial charge in [-0.15, -0.1) is 0 Å². The molecule has 0 heterocycles. The zero-order valence-electron chi connectivity index (χ0n) is 16.9. The lowest BCUT2D eigenvalue weighted by molar-refractivity contribution is -0.141. The Kier molecular flexibility index (Phi) is 5.32. The number of carbonyl (C=O) groups excluding carboxylic acids is 2. The van der Waals surface area contributed by atoms with Gasteiger partial charge >= 0.3 is 5.97 Å². The average Bonchev–Trinajstić information content (AvgIpc) is 2.96. The van der Waals surface area contributed by atoms with E-state index < -0.39 is 35.1 Å². The van der Waals surface area contributed by atoms with Gasteiger partial charge < -0.3 is 20.1 Å². The SMILES string of the molecule is CC(C)C1(O)CCC2C1C(OC(=O)c1ccc(O)cc1)CC(C)(O)C(=O)[C@@H]2C. The zero-order chi connectivity index (χ0) is 20.9. The first-order valence-electron chi connectivity index (χ1n) is 9.96. The average molecular weight is 390 g/mol. The van der Waals surface area contributed by atoms with Gasteiger partial charge in [-0.05, 0) is 55.9 Å². The van der Waals surface area contributed by atoms with Crippen molar-refractivity contribution < 1.29 is 29.6 Å². The summed E-state index contributed by atoms with van der Waals surface area (Å²) in [5, 5.41) is 31.6. The molecule has 28 heavy (non-hydrogen) atoms. The first-order valence-corrected chi connectivity index (χ1v) is 9.96. The molecule has 0 spiro atoms. The second-order valence-corrected chi connectivity index (χ2v) is 9.00. The minimum absolute atomic E-state index is 0.0402. The van der Waals surface area contributed by atoms with Gasteiger partial charge in [0.1, 0.15) is 17.5 Å². The molecule has 3 rings (SSSR count). The van der Waals surface area contributed by atoms with Crippen LogP contribution in [-0.2, 0) is 9.53 Å². The number of carbonyl (C=O) groups is 2. The lowest BCUT2D eigenvalue weighted by atomic mass is 9.72. The Balaban J connectivity index is 1.98. The van der Waals surface area contributed by atoms with Gasteiger partial charge in [-0.1, -0.05) is 20.8 Å². The van der Waals surface area contributed by atoms with Crippen LogP contribution >= 0.6 is 0 Å². The highest BCUT2D eigenvalue weighted by atomic mass is 16.5. The highest BCUT2D eigenvalue weighted by molar-refractivity contribution is 5.91. The minimum atomic E-state index is -1.62. The fourth-order valence-corrected chi connectivity index (χ4v) is 5.17. The lowest BCUT2D eigenvalue weighted by Gasteiger charge is -2.40. The van der Waals surface area contributed by atoms with Gasteiger partial charge in [0.25, 0.3) is 0 Å². The van der Waals surface area contributed by atoms with Crippen molar-refractivity contribution in [2.24, 2.45) is 23.7 Å². The maximum absolute atomic E-state index is 12.8. The second-order valence-electron chi connectivity index (χ2n) is 9.00. The summed E-state index contributed by atoms with van der Waals surface area (Å²) < 4.78 is 5.80. The molecular formula is C22H30O6. The van der Waals surface area contributed by atoms with E-state index in [4.69, 9.17) is 4.74 Å². The summed E-state index contributed by atoms with van der Waals surface area (Å²) in [6.07, 6.45) is 0.351. The van der Waals surface area contributed by atoms with Crippen molar-refractivity contribution in [1.82, 2.24) is 0 Å². The van der Waals surface area contributed by atoms with Gasteiger partial charge in [0.05, 0.1) is 11.2 Å². The van der Waals surface area contributed by atoms with E-state index in [9.17, 15) is 24.9 Å². The first kappa shape index (κ1) is 20.8. The van der Waals surface area contributed by atoms with Gasteiger partial charge in [0.2, 0.25) is 0 Å². The molecule has 0 saturated heterocycles. The van der Waals surface area contributed by atoms with Crippen molar-refractivity contribution in [3.8, 4) is 5.75 Å². The summed E-state index contributed by atoms with van der Waals surface area (Å²) in [6, 6.07) is 5.71. The molecule has 6 heteroatoms. The van der Waals surface area contributed by atoms with Gasteiger partial charge in [0.15, 0.2) is 5.78 Å². The van der Waals surface area contributed by atoms with E-state index in [2.05, 4.69) is 0 Å². The third kappa shape index (κ3) is 3.44. The van der Waals surface area contributed by atoms with Crippen LogP contribution < -0.4 is 0 Å². The van der Waals surface area contributed by atoms with Crippen LogP contribution in [0.15, 0.2) is 24.3 Å². The number of aliphatic hydroxyl groups is 2. The number of phenolic OH excluding ortho intramolecular Hbond substituents is 1. The van der Waals surface area contributed by atoms with Crippen LogP contribution in [0.4, 0.5) is 0 Å². The summed E-state index contributed by atoms with van der Waals surface area (Å²) in [4.78, 5) is 25.6. The fraction of sp³-hybridized carbons (Fsp3) is 0.636. The monoisotopic (exact) mass is 390 g/mol. The van der Waals surface area contributed by atoms with Crippen molar-refractivity contribution in [2.75, 3.05) is 0 Å². The van der Waals surface area contributed by atoms with Crippen LogP contribution in [0, 0.1) is 23.7 Å². The minimum Gasteiger partial charge on any atom is -0.508 e. The number of aromatic hydroxyl groups is 1. The number of ketones is 1. The standard InChI is InChI=1S/C22H30O6/c1-12(2)22(27)10-9-16-13(3)19(24)21(4,26)11-17(18(16)22)28-20(25)14-5-7-15(23)8-6-14/h5-8,12-13,16-18,23,26-27H,9-11H2,1-4H3/t13-,16?,17?,18?,21?,22?/m1/s1. The number of Topliss-reactive ketones (excluding diaryl/α,β-unsaturated/α-hetero) is 1. The van der Waals surface area contributed by atoms with Crippen molar-refractivity contribution in [3.63, 3.8) is 0 Å². The largest absolute Gasteiger partial charge is 0.508 e. The summed E-state index contributed by atoms with van der Waals surface area (Å²) >= 11 is 0. The number of esters is 1. The van der Waals surface area contributed by atoms with E-state index in [0.29, 0.717) is 12.8 Å². The maximum atomic E-state index is 12.8. The zero-order valence-corrected chi connectivity index (χ0v) is 16.9. The summed E-state index contributed by atoms with van der Waals surface area (Å²) in [5.41, 5.74) is -2.43. The van der Waals surface area contributed by atoms with E-state index in [1.54, 1.807) is 6.92 Å². The number of benzene rings is 1. The lowest BCUT2D eigenvalue weighted by Crippen LogP contribution is -2.49. The van der Waals surface area contributed by atoms with E-state index in [1.807, 2.05) is 13.8 Å². The van der Waals surface area contributed by atoms with Crippen LogP contribution in [-0.4, -0.2) is 44.4 Å². The molecule has 5 unspecified atom stereocenters. The normalized spacial score (nSPS) is 38.2.